The highest BCUT2D eigenvalue weighted by molar-refractivity contribution is 7.98. The smallest absolute Gasteiger partial charge is 0.335 e. The number of rotatable bonds is 15. The second-order valence-electron chi connectivity index (χ2n) is 9.72. The minimum absolute atomic E-state index is 0.0815. The Balaban J connectivity index is 1.81. The van der Waals surface area contributed by atoms with E-state index in [1.165, 1.54) is 18.9 Å². The largest absolute Gasteiger partial charge is 0.478 e. The summed E-state index contributed by atoms with van der Waals surface area (Å²) < 4.78 is 12.5. The summed E-state index contributed by atoms with van der Waals surface area (Å²) in [5, 5.41) is 21.6. The van der Waals surface area contributed by atoms with Crippen LogP contribution in [0.1, 0.15) is 47.6 Å². The van der Waals surface area contributed by atoms with E-state index in [2.05, 4.69) is 15.5 Å². The van der Waals surface area contributed by atoms with Gasteiger partial charge < -0.3 is 30.2 Å². The molecule has 1 amide bonds. The Kier molecular flexibility index (Phi) is 11.2. The quantitative estimate of drug-likeness (QED) is 0.183. The van der Waals surface area contributed by atoms with Crippen LogP contribution in [0.4, 0.5) is 0 Å². The van der Waals surface area contributed by atoms with E-state index in [1.807, 2.05) is 30.3 Å². The summed E-state index contributed by atoms with van der Waals surface area (Å²) >= 11 is 1.31. The van der Waals surface area contributed by atoms with Crippen LogP contribution in [0.15, 0.2) is 59.8 Å². The molecule has 0 saturated carbocycles. The predicted molar refractivity (Wildman–Crippen MR) is 150 cm³/mol. The first kappa shape index (κ1) is 30.8. The number of esters is 1. The fourth-order valence-electron chi connectivity index (χ4n) is 3.74. The molecule has 3 aromatic rings. The van der Waals surface area contributed by atoms with Gasteiger partial charge in [-0.1, -0.05) is 60.3 Å². The molecule has 4 N–H and O–H groups in total. The van der Waals surface area contributed by atoms with Crippen LogP contribution < -0.4 is 11.1 Å². The Hall–Kier alpha value is -3.74. The van der Waals surface area contributed by atoms with Crippen LogP contribution in [-0.2, 0) is 44.4 Å². The van der Waals surface area contributed by atoms with E-state index in [0.29, 0.717) is 28.9 Å². The second-order valence-corrected chi connectivity index (χ2v) is 10.7. The zero-order chi connectivity index (χ0) is 29.1. The van der Waals surface area contributed by atoms with E-state index in [0.717, 1.165) is 5.56 Å². The average molecular weight is 570 g/mol. The molecule has 2 aromatic carbocycles. The van der Waals surface area contributed by atoms with Gasteiger partial charge in [0, 0.05) is 18.7 Å². The first-order valence-corrected chi connectivity index (χ1v) is 13.7. The number of thioether (sulfide) groups is 1. The number of carboxylic acids is 1. The summed E-state index contributed by atoms with van der Waals surface area (Å²) in [6.45, 7) is 4.03. The van der Waals surface area contributed by atoms with Crippen molar-refractivity contribution in [2.75, 3.05) is 13.7 Å². The topological polar surface area (TPSA) is 159 Å². The van der Waals surface area contributed by atoms with Crippen LogP contribution in [0.25, 0.3) is 0 Å². The van der Waals surface area contributed by atoms with E-state index >= 15 is 0 Å². The van der Waals surface area contributed by atoms with Crippen molar-refractivity contribution in [2.24, 2.45) is 5.73 Å². The molecular formula is C28H35N5O6S. The molecule has 1 heterocycles. The maximum absolute atomic E-state index is 12.7. The molecule has 12 heteroatoms. The molecule has 0 unspecified atom stereocenters. The molecule has 0 radical (unpaired) electrons. The second kappa shape index (κ2) is 14.6. The van der Waals surface area contributed by atoms with Crippen LogP contribution in [0, 0.1) is 0 Å². The zero-order valence-electron chi connectivity index (χ0n) is 22.8. The lowest BCUT2D eigenvalue weighted by atomic mass is 10.1. The third-order valence-corrected chi connectivity index (χ3v) is 6.96. The van der Waals surface area contributed by atoms with Gasteiger partial charge in [-0.15, -0.1) is 10.2 Å². The number of benzene rings is 2. The normalized spacial score (nSPS) is 12.1. The maximum atomic E-state index is 12.7. The fraction of sp³-hybridized carbons (Fsp3) is 0.393. The van der Waals surface area contributed by atoms with Crippen molar-refractivity contribution in [3.8, 4) is 0 Å². The average Bonchev–Trinajstić information content (AvgIpc) is 3.31. The van der Waals surface area contributed by atoms with Gasteiger partial charge >= 0.3 is 11.9 Å². The van der Waals surface area contributed by atoms with Gasteiger partial charge in [0.15, 0.2) is 5.16 Å². The molecule has 0 fully saturated rings. The van der Waals surface area contributed by atoms with Crippen LogP contribution in [-0.4, -0.2) is 63.0 Å². The van der Waals surface area contributed by atoms with Gasteiger partial charge in [-0.2, -0.15) is 0 Å². The molecule has 1 atom stereocenters. The Morgan fingerprint density at radius 2 is 1.80 bits per heavy atom. The van der Waals surface area contributed by atoms with Gasteiger partial charge in [0.1, 0.15) is 5.82 Å². The Bertz CT molecular complexity index is 1290. The molecular weight excluding hydrogens is 534 g/mol. The van der Waals surface area contributed by atoms with Crippen LogP contribution >= 0.6 is 11.8 Å². The highest BCUT2D eigenvalue weighted by Gasteiger charge is 2.27. The van der Waals surface area contributed by atoms with Gasteiger partial charge in [0.2, 0.25) is 5.91 Å². The molecule has 0 spiro atoms. The number of methoxy groups -OCH3 is 1. The molecule has 214 valence electrons. The lowest BCUT2D eigenvalue weighted by molar-refractivity contribution is -0.140. The SMILES string of the molecule is COC(=O)CCn1c(C[C@@H](COCc2ccccc2)NC(=O)C(C)(C)N)nnc1SCc1ccccc1C(=O)O. The van der Waals surface area contributed by atoms with E-state index in [-0.39, 0.29) is 37.5 Å². The third kappa shape index (κ3) is 9.18. The van der Waals surface area contributed by atoms with Gasteiger partial charge in [-0.05, 0) is 31.0 Å². The number of hydrogen-bond acceptors (Lipinski definition) is 9. The van der Waals surface area contributed by atoms with Gasteiger partial charge in [-0.25, -0.2) is 4.79 Å². The maximum Gasteiger partial charge on any atom is 0.335 e. The number of nitrogens with one attached hydrogen (secondary N) is 1. The van der Waals surface area contributed by atoms with Crippen molar-refractivity contribution < 1.29 is 29.0 Å². The molecule has 11 nitrogen and oxygen atoms in total. The van der Waals surface area contributed by atoms with E-state index in [4.69, 9.17) is 15.2 Å². The van der Waals surface area contributed by atoms with E-state index in [1.54, 1.807) is 42.7 Å². The Labute approximate surface area is 237 Å². The van der Waals surface area contributed by atoms with Crippen molar-refractivity contribution >= 4 is 29.6 Å². The van der Waals surface area contributed by atoms with Crippen molar-refractivity contribution in [1.29, 1.82) is 0 Å². The predicted octanol–water partition coefficient (Wildman–Crippen LogP) is 2.81. The zero-order valence-corrected chi connectivity index (χ0v) is 23.6. The number of amides is 1. The minimum Gasteiger partial charge on any atom is -0.478 e. The fourth-order valence-corrected chi connectivity index (χ4v) is 4.73. The molecule has 0 aliphatic heterocycles. The minimum atomic E-state index is -1.10. The summed E-state index contributed by atoms with van der Waals surface area (Å²) in [5.41, 5.74) is 6.75. The van der Waals surface area contributed by atoms with E-state index < -0.39 is 23.5 Å². The summed E-state index contributed by atoms with van der Waals surface area (Å²) in [7, 11) is 1.32. The molecule has 0 bridgehead atoms. The lowest BCUT2D eigenvalue weighted by Gasteiger charge is -2.24. The highest BCUT2D eigenvalue weighted by atomic mass is 32.2. The van der Waals surface area contributed by atoms with Gasteiger partial charge in [-0.3, -0.25) is 9.59 Å². The number of carbonyl (C=O) groups is 3. The van der Waals surface area contributed by atoms with Crippen LogP contribution in [0.3, 0.4) is 0 Å². The van der Waals surface area contributed by atoms with Gasteiger partial charge in [0.25, 0.3) is 0 Å². The first-order valence-electron chi connectivity index (χ1n) is 12.7. The standard InChI is InChI=1S/C28H35N5O6S/c1-28(2,29)26(37)30-21(17-39-16-19-9-5-4-6-10-19)15-23-31-32-27(33(23)14-13-24(34)38-3)40-18-20-11-7-8-12-22(20)25(35)36/h4-12,21H,13-18,29H2,1-3H3,(H,30,37)(H,35,36)/t21-/m0/s1. The number of ether oxygens (including phenoxy) is 2. The van der Waals surface area contributed by atoms with Crippen molar-refractivity contribution in [2.45, 2.75) is 62.3 Å². The molecule has 0 saturated heterocycles. The summed E-state index contributed by atoms with van der Waals surface area (Å²) in [6.07, 6.45) is 0.342. The first-order chi connectivity index (χ1) is 19.1. The monoisotopic (exact) mass is 569 g/mol. The molecule has 0 aliphatic carbocycles. The molecule has 3 rings (SSSR count). The number of hydrogen-bond donors (Lipinski definition) is 3. The molecule has 40 heavy (non-hydrogen) atoms. The van der Waals surface area contributed by atoms with Crippen LogP contribution in [0.2, 0.25) is 0 Å². The van der Waals surface area contributed by atoms with Crippen molar-refractivity contribution in [3.63, 3.8) is 0 Å². The number of nitrogens with two attached hydrogens (primary N) is 1. The van der Waals surface area contributed by atoms with Crippen LogP contribution in [0.5, 0.6) is 0 Å². The lowest BCUT2D eigenvalue weighted by Crippen LogP contribution is -2.53. The highest BCUT2D eigenvalue weighted by Crippen LogP contribution is 2.25. The Morgan fingerprint density at radius 3 is 2.48 bits per heavy atom. The number of aromatic carboxylic acids is 1. The summed E-state index contributed by atoms with van der Waals surface area (Å²) in [4.78, 5) is 36.3. The number of carboxylic acid groups (broad SMARTS) is 1. The van der Waals surface area contributed by atoms with E-state index in [9.17, 15) is 19.5 Å². The number of aromatic nitrogens is 3. The third-order valence-electron chi connectivity index (χ3n) is 5.95. The summed E-state index contributed by atoms with van der Waals surface area (Å²) in [5.74, 6) is -0.892. The Morgan fingerprint density at radius 1 is 1.10 bits per heavy atom. The molecule has 0 aliphatic rings. The number of carbonyl (C=O) groups excluding carboxylic acids is 2. The van der Waals surface area contributed by atoms with Crippen molar-refractivity contribution in [3.05, 3.63) is 77.1 Å². The molecule has 1 aromatic heterocycles. The number of nitrogens with zero attached hydrogens (tertiary/aromatic N) is 3. The van der Waals surface area contributed by atoms with Gasteiger partial charge in [0.05, 0.1) is 43.9 Å². The van der Waals surface area contributed by atoms with Crippen molar-refractivity contribution in [1.82, 2.24) is 20.1 Å². The summed E-state index contributed by atoms with van der Waals surface area (Å²) in [6, 6.07) is 15.9.